The molecule has 1 atom stereocenters. The van der Waals surface area contributed by atoms with Gasteiger partial charge >= 0.3 is 0 Å². The fourth-order valence-corrected chi connectivity index (χ4v) is 3.16. The lowest BCUT2D eigenvalue weighted by molar-refractivity contribution is 0.368. The predicted molar refractivity (Wildman–Crippen MR) is 75.6 cm³/mol. The normalized spacial score (nSPS) is 16.8. The van der Waals surface area contributed by atoms with Crippen molar-refractivity contribution in [3.8, 4) is 0 Å². The molecular weight excluding hydrogens is 308 g/mol. The number of rotatable bonds is 7. The van der Waals surface area contributed by atoms with Crippen molar-refractivity contribution in [3.63, 3.8) is 0 Å². The number of hydrogen-bond acceptors (Lipinski definition) is 8. The second kappa shape index (κ2) is 5.79. The van der Waals surface area contributed by atoms with Crippen LogP contribution < -0.4 is 0 Å². The van der Waals surface area contributed by atoms with E-state index in [9.17, 15) is 8.42 Å². The Balaban J connectivity index is 1.72. The highest BCUT2D eigenvalue weighted by molar-refractivity contribution is 7.90. The molecule has 0 aliphatic heterocycles. The standard InChI is InChI=1S/C13H18N4O4S/c1-3-4-10-14-13(21-16-10)8(2)22(18,19)7-11-15-12(17-20-11)9-5-6-9/h8-9H,3-7H2,1-2H3. The summed E-state index contributed by atoms with van der Waals surface area (Å²) in [4.78, 5) is 8.27. The van der Waals surface area contributed by atoms with E-state index in [0.29, 0.717) is 24.0 Å². The molecule has 120 valence electrons. The smallest absolute Gasteiger partial charge is 0.244 e. The van der Waals surface area contributed by atoms with Crippen LogP contribution in [0, 0.1) is 0 Å². The van der Waals surface area contributed by atoms with E-state index in [4.69, 9.17) is 9.05 Å². The maximum absolute atomic E-state index is 12.4. The lowest BCUT2D eigenvalue weighted by atomic mass is 10.3. The molecule has 2 aromatic rings. The van der Waals surface area contributed by atoms with Gasteiger partial charge in [0.25, 0.3) is 0 Å². The Morgan fingerprint density at radius 3 is 2.68 bits per heavy atom. The summed E-state index contributed by atoms with van der Waals surface area (Å²) in [7, 11) is -3.55. The molecule has 1 aliphatic rings. The van der Waals surface area contributed by atoms with E-state index in [0.717, 1.165) is 19.3 Å². The summed E-state index contributed by atoms with van der Waals surface area (Å²) >= 11 is 0. The summed E-state index contributed by atoms with van der Waals surface area (Å²) in [5.74, 6) is 1.34. The molecule has 22 heavy (non-hydrogen) atoms. The molecule has 0 saturated heterocycles. The van der Waals surface area contributed by atoms with Crippen LogP contribution in [0.5, 0.6) is 0 Å². The number of sulfone groups is 1. The van der Waals surface area contributed by atoms with Gasteiger partial charge in [0, 0.05) is 12.3 Å². The average molecular weight is 326 g/mol. The Labute approximate surface area is 128 Å². The summed E-state index contributed by atoms with van der Waals surface area (Å²) in [6, 6.07) is 0. The first-order valence-corrected chi connectivity index (χ1v) is 9.07. The van der Waals surface area contributed by atoms with Crippen LogP contribution in [0.25, 0.3) is 0 Å². The molecule has 1 unspecified atom stereocenters. The summed E-state index contributed by atoms with van der Waals surface area (Å²) < 4.78 is 34.9. The molecule has 0 N–H and O–H groups in total. The lowest BCUT2D eigenvalue weighted by Crippen LogP contribution is -2.13. The van der Waals surface area contributed by atoms with Crippen molar-refractivity contribution in [2.24, 2.45) is 0 Å². The zero-order valence-electron chi connectivity index (χ0n) is 12.5. The Morgan fingerprint density at radius 2 is 2.00 bits per heavy atom. The van der Waals surface area contributed by atoms with Gasteiger partial charge in [-0.2, -0.15) is 9.97 Å². The summed E-state index contributed by atoms with van der Waals surface area (Å²) in [5.41, 5.74) is 0. The molecule has 9 heteroatoms. The quantitative estimate of drug-likeness (QED) is 0.759. The van der Waals surface area contributed by atoms with Crippen molar-refractivity contribution in [1.82, 2.24) is 20.3 Å². The molecule has 0 spiro atoms. The van der Waals surface area contributed by atoms with Gasteiger partial charge in [0.1, 0.15) is 11.0 Å². The molecule has 0 amide bonds. The Kier molecular flexibility index (Phi) is 3.98. The number of hydrogen-bond donors (Lipinski definition) is 0. The molecule has 3 rings (SSSR count). The molecule has 8 nitrogen and oxygen atoms in total. The van der Waals surface area contributed by atoms with E-state index < -0.39 is 15.1 Å². The van der Waals surface area contributed by atoms with Gasteiger partial charge in [-0.05, 0) is 26.2 Å². The second-order valence-electron chi connectivity index (χ2n) is 5.57. The third-order valence-electron chi connectivity index (χ3n) is 3.59. The van der Waals surface area contributed by atoms with Gasteiger partial charge in [-0.1, -0.05) is 17.2 Å². The van der Waals surface area contributed by atoms with Crippen molar-refractivity contribution >= 4 is 9.84 Å². The maximum atomic E-state index is 12.4. The largest absolute Gasteiger partial charge is 0.338 e. The fraction of sp³-hybridized carbons (Fsp3) is 0.692. The van der Waals surface area contributed by atoms with Crippen LogP contribution in [0.4, 0.5) is 0 Å². The highest BCUT2D eigenvalue weighted by Crippen LogP contribution is 2.38. The Morgan fingerprint density at radius 1 is 1.23 bits per heavy atom. The molecule has 2 heterocycles. The second-order valence-corrected chi connectivity index (χ2v) is 7.89. The predicted octanol–water partition coefficient (Wildman–Crippen LogP) is 1.96. The first-order valence-electron chi connectivity index (χ1n) is 7.36. The molecule has 0 radical (unpaired) electrons. The van der Waals surface area contributed by atoms with E-state index in [1.165, 1.54) is 6.92 Å². The summed E-state index contributed by atoms with van der Waals surface area (Å²) in [6.07, 6.45) is 3.59. The van der Waals surface area contributed by atoms with Gasteiger partial charge in [0.2, 0.25) is 11.8 Å². The van der Waals surface area contributed by atoms with Crippen molar-refractivity contribution < 1.29 is 17.5 Å². The fourth-order valence-electron chi connectivity index (χ4n) is 2.04. The van der Waals surface area contributed by atoms with E-state index >= 15 is 0 Å². The van der Waals surface area contributed by atoms with Crippen LogP contribution in [-0.2, 0) is 22.0 Å². The molecule has 2 aromatic heterocycles. The van der Waals surface area contributed by atoms with Gasteiger partial charge in [-0.3, -0.25) is 0 Å². The number of nitrogens with zero attached hydrogens (tertiary/aromatic N) is 4. The van der Waals surface area contributed by atoms with Gasteiger partial charge in [0.05, 0.1) is 0 Å². The highest BCUT2D eigenvalue weighted by atomic mass is 32.2. The topological polar surface area (TPSA) is 112 Å². The first kappa shape index (κ1) is 15.1. The summed E-state index contributed by atoms with van der Waals surface area (Å²) in [5, 5.41) is 6.70. The molecule has 0 aromatic carbocycles. The maximum Gasteiger partial charge on any atom is 0.244 e. The minimum Gasteiger partial charge on any atom is -0.338 e. The zero-order chi connectivity index (χ0) is 15.7. The van der Waals surface area contributed by atoms with E-state index in [1.807, 2.05) is 6.92 Å². The van der Waals surface area contributed by atoms with Crippen LogP contribution >= 0.6 is 0 Å². The molecule has 1 saturated carbocycles. The van der Waals surface area contributed by atoms with Crippen molar-refractivity contribution in [2.75, 3.05) is 0 Å². The van der Waals surface area contributed by atoms with E-state index in [1.54, 1.807) is 0 Å². The lowest BCUT2D eigenvalue weighted by Gasteiger charge is -2.05. The third-order valence-corrected chi connectivity index (χ3v) is 5.52. The van der Waals surface area contributed by atoms with Crippen molar-refractivity contribution in [1.29, 1.82) is 0 Å². The minimum atomic E-state index is -3.55. The van der Waals surface area contributed by atoms with E-state index in [-0.39, 0.29) is 17.5 Å². The molecular formula is C13H18N4O4S. The van der Waals surface area contributed by atoms with Crippen LogP contribution in [0.15, 0.2) is 9.05 Å². The van der Waals surface area contributed by atoms with Crippen molar-refractivity contribution in [2.45, 2.75) is 56.5 Å². The molecule has 0 bridgehead atoms. The average Bonchev–Trinajstić information content (AvgIpc) is 3.05. The summed E-state index contributed by atoms with van der Waals surface area (Å²) in [6.45, 7) is 3.51. The Bertz CT molecular complexity index is 748. The third kappa shape index (κ3) is 3.18. The molecule has 1 fully saturated rings. The van der Waals surface area contributed by atoms with Crippen LogP contribution in [-0.4, -0.2) is 28.7 Å². The monoisotopic (exact) mass is 326 g/mol. The molecule has 1 aliphatic carbocycles. The van der Waals surface area contributed by atoms with Gasteiger partial charge < -0.3 is 9.05 Å². The van der Waals surface area contributed by atoms with Crippen LogP contribution in [0.1, 0.15) is 67.7 Å². The van der Waals surface area contributed by atoms with Gasteiger partial charge in [-0.15, -0.1) is 0 Å². The number of aromatic nitrogens is 4. The zero-order valence-corrected chi connectivity index (χ0v) is 13.3. The Hall–Kier alpha value is -1.77. The van der Waals surface area contributed by atoms with Gasteiger partial charge in [0.15, 0.2) is 21.5 Å². The van der Waals surface area contributed by atoms with Crippen LogP contribution in [0.3, 0.4) is 0 Å². The van der Waals surface area contributed by atoms with E-state index in [2.05, 4.69) is 20.3 Å². The highest BCUT2D eigenvalue weighted by Gasteiger charge is 2.32. The van der Waals surface area contributed by atoms with Crippen LogP contribution in [0.2, 0.25) is 0 Å². The SMILES string of the molecule is CCCc1noc(C(C)S(=O)(=O)Cc2nc(C3CC3)no2)n1. The minimum absolute atomic E-state index is 0.102. The first-order chi connectivity index (χ1) is 10.5. The number of aryl methyl sites for hydroxylation is 1. The van der Waals surface area contributed by atoms with Gasteiger partial charge in [-0.25, -0.2) is 8.42 Å². The van der Waals surface area contributed by atoms with Crippen molar-refractivity contribution in [3.05, 3.63) is 23.4 Å².